The molecule has 0 aromatic carbocycles. The van der Waals surface area contributed by atoms with E-state index in [1.165, 1.54) is 24.1 Å². The third kappa shape index (κ3) is 5.08. The molecule has 26 heavy (non-hydrogen) atoms. The quantitative estimate of drug-likeness (QED) is 0.822. The van der Waals surface area contributed by atoms with E-state index in [0.29, 0.717) is 19.5 Å². The first-order valence-electron chi connectivity index (χ1n) is 9.31. The molecule has 0 spiro atoms. The van der Waals surface area contributed by atoms with Gasteiger partial charge in [0.15, 0.2) is 0 Å². The van der Waals surface area contributed by atoms with E-state index in [0.717, 1.165) is 36.5 Å². The normalized spacial score (nSPS) is 13.5. The summed E-state index contributed by atoms with van der Waals surface area (Å²) in [7, 11) is 1.94. The van der Waals surface area contributed by atoms with Crippen LogP contribution in [0.3, 0.4) is 0 Å². The zero-order valence-corrected chi connectivity index (χ0v) is 15.7. The molecule has 0 saturated heterocycles. The minimum Gasteiger partial charge on any atom is -0.355 e. The lowest BCUT2D eigenvalue weighted by Crippen LogP contribution is -2.36. The Labute approximate surface area is 155 Å². The first kappa shape index (κ1) is 18.5. The number of rotatable bonds is 7. The van der Waals surface area contributed by atoms with Gasteiger partial charge in [-0.3, -0.25) is 14.7 Å². The molecule has 6 nitrogen and oxygen atoms in total. The summed E-state index contributed by atoms with van der Waals surface area (Å²) in [4.78, 5) is 27.5. The number of fused-ring (bicyclic) bond motifs is 1. The van der Waals surface area contributed by atoms with Crippen molar-refractivity contribution in [3.8, 4) is 0 Å². The van der Waals surface area contributed by atoms with Crippen LogP contribution < -0.4 is 5.32 Å². The topological polar surface area (TPSA) is 71.0 Å². The van der Waals surface area contributed by atoms with Gasteiger partial charge in [0.25, 0.3) is 0 Å². The van der Waals surface area contributed by atoms with Gasteiger partial charge in [-0.25, -0.2) is 9.97 Å². The number of carbonyl (C=O) groups excluding carboxylic acids is 1. The molecular weight excluding hydrogens is 326 g/mol. The number of likely N-dealkylation sites (N-methyl/N-ethyl adjacent to an activating group) is 1. The van der Waals surface area contributed by atoms with Crippen LogP contribution >= 0.6 is 0 Å². The Balaban J connectivity index is 1.44. The van der Waals surface area contributed by atoms with Crippen molar-refractivity contribution in [1.82, 2.24) is 25.2 Å². The van der Waals surface area contributed by atoms with Gasteiger partial charge in [0.1, 0.15) is 5.82 Å². The Bertz CT molecular complexity index is 747. The van der Waals surface area contributed by atoms with Crippen LogP contribution in [0.15, 0.2) is 24.5 Å². The van der Waals surface area contributed by atoms with Gasteiger partial charge in [0.05, 0.1) is 6.54 Å². The van der Waals surface area contributed by atoms with E-state index in [1.54, 1.807) is 12.4 Å². The van der Waals surface area contributed by atoms with Gasteiger partial charge >= 0.3 is 0 Å². The molecule has 1 N–H and O–H groups in total. The number of pyridine rings is 1. The second kappa shape index (κ2) is 8.85. The molecule has 0 fully saturated rings. The van der Waals surface area contributed by atoms with Gasteiger partial charge < -0.3 is 5.32 Å². The summed E-state index contributed by atoms with van der Waals surface area (Å²) >= 11 is 0. The van der Waals surface area contributed by atoms with Crippen LogP contribution in [0.2, 0.25) is 0 Å². The molecule has 6 heteroatoms. The molecule has 2 aromatic heterocycles. The van der Waals surface area contributed by atoms with E-state index in [1.807, 2.05) is 24.1 Å². The standard InChI is InChI=1S/C20H27N5O/c1-15-17-5-3-4-6-18(17)24-19(23-15)9-12-22-20(26)14-25(2)13-16-7-10-21-11-8-16/h7-8,10-11H,3-6,9,12-14H2,1-2H3,(H,22,26). The molecule has 0 saturated carbocycles. The number of aromatic nitrogens is 3. The highest BCUT2D eigenvalue weighted by Crippen LogP contribution is 2.21. The lowest BCUT2D eigenvalue weighted by Gasteiger charge is -2.18. The van der Waals surface area contributed by atoms with E-state index in [4.69, 9.17) is 4.98 Å². The zero-order valence-electron chi connectivity index (χ0n) is 15.7. The SMILES string of the molecule is Cc1nc(CCNC(=O)CN(C)Cc2ccncc2)nc2c1CCCC2. The van der Waals surface area contributed by atoms with E-state index in [-0.39, 0.29) is 5.91 Å². The maximum Gasteiger partial charge on any atom is 0.234 e. The number of aryl methyl sites for hydroxylation is 2. The fourth-order valence-electron chi connectivity index (χ4n) is 3.43. The summed E-state index contributed by atoms with van der Waals surface area (Å²) in [5.74, 6) is 0.866. The first-order valence-corrected chi connectivity index (χ1v) is 9.31. The molecule has 1 aliphatic rings. The predicted octanol–water partition coefficient (Wildman–Crippen LogP) is 1.85. The van der Waals surface area contributed by atoms with Gasteiger partial charge in [-0.15, -0.1) is 0 Å². The van der Waals surface area contributed by atoms with Crippen LogP contribution in [0.4, 0.5) is 0 Å². The highest BCUT2D eigenvalue weighted by molar-refractivity contribution is 5.77. The largest absolute Gasteiger partial charge is 0.355 e. The van der Waals surface area contributed by atoms with Crippen molar-refractivity contribution in [2.45, 2.75) is 45.6 Å². The van der Waals surface area contributed by atoms with E-state index >= 15 is 0 Å². The number of nitrogens with zero attached hydrogens (tertiary/aromatic N) is 4. The summed E-state index contributed by atoms with van der Waals surface area (Å²) in [6, 6.07) is 3.92. The van der Waals surface area contributed by atoms with E-state index in [2.05, 4.69) is 22.2 Å². The van der Waals surface area contributed by atoms with Gasteiger partial charge in [-0.1, -0.05) is 0 Å². The number of carbonyl (C=O) groups is 1. The summed E-state index contributed by atoms with van der Waals surface area (Å²) < 4.78 is 0. The number of hydrogen-bond donors (Lipinski definition) is 1. The fourth-order valence-corrected chi connectivity index (χ4v) is 3.43. The Morgan fingerprint density at radius 1 is 1.19 bits per heavy atom. The maximum absolute atomic E-state index is 12.1. The van der Waals surface area contributed by atoms with E-state index < -0.39 is 0 Å². The fraction of sp³-hybridized carbons (Fsp3) is 0.500. The van der Waals surface area contributed by atoms with Gasteiger partial charge in [0, 0.05) is 43.3 Å². The molecule has 2 aromatic rings. The molecule has 3 rings (SSSR count). The molecule has 1 aliphatic carbocycles. The van der Waals surface area contributed by atoms with Gasteiger partial charge in [-0.2, -0.15) is 0 Å². The summed E-state index contributed by atoms with van der Waals surface area (Å²) in [6.45, 7) is 3.73. The van der Waals surface area contributed by atoms with Crippen molar-refractivity contribution in [1.29, 1.82) is 0 Å². The summed E-state index contributed by atoms with van der Waals surface area (Å²) in [5, 5.41) is 2.97. The Kier molecular flexibility index (Phi) is 6.28. The van der Waals surface area contributed by atoms with Crippen LogP contribution in [-0.2, 0) is 30.6 Å². The summed E-state index contributed by atoms with van der Waals surface area (Å²) in [6.07, 6.45) is 8.81. The monoisotopic (exact) mass is 353 g/mol. The second-order valence-electron chi connectivity index (χ2n) is 6.99. The van der Waals surface area contributed by atoms with Crippen molar-refractivity contribution in [2.24, 2.45) is 0 Å². The molecule has 0 unspecified atom stereocenters. The van der Waals surface area contributed by atoms with Gasteiger partial charge in [-0.05, 0) is 62.9 Å². The molecular formula is C20H27N5O. The van der Waals surface area contributed by atoms with Crippen LogP contribution in [0.1, 0.15) is 41.2 Å². The van der Waals surface area contributed by atoms with Crippen molar-refractivity contribution in [3.63, 3.8) is 0 Å². The highest BCUT2D eigenvalue weighted by Gasteiger charge is 2.15. The predicted molar refractivity (Wildman–Crippen MR) is 101 cm³/mol. The van der Waals surface area contributed by atoms with Crippen LogP contribution in [0.5, 0.6) is 0 Å². The van der Waals surface area contributed by atoms with Crippen molar-refractivity contribution >= 4 is 5.91 Å². The summed E-state index contributed by atoms with van der Waals surface area (Å²) in [5.41, 5.74) is 4.80. The molecule has 0 radical (unpaired) electrons. The maximum atomic E-state index is 12.1. The van der Waals surface area contributed by atoms with Crippen molar-refractivity contribution in [2.75, 3.05) is 20.1 Å². The van der Waals surface area contributed by atoms with Crippen LogP contribution in [-0.4, -0.2) is 45.9 Å². The minimum atomic E-state index is 0.0243. The van der Waals surface area contributed by atoms with Crippen molar-refractivity contribution < 1.29 is 4.79 Å². The molecule has 2 heterocycles. The number of amides is 1. The number of hydrogen-bond acceptors (Lipinski definition) is 5. The Morgan fingerprint density at radius 3 is 2.77 bits per heavy atom. The minimum absolute atomic E-state index is 0.0243. The smallest absolute Gasteiger partial charge is 0.234 e. The second-order valence-corrected chi connectivity index (χ2v) is 6.99. The molecule has 138 valence electrons. The lowest BCUT2D eigenvalue weighted by atomic mass is 9.95. The Hall–Kier alpha value is -2.34. The zero-order chi connectivity index (χ0) is 18.4. The van der Waals surface area contributed by atoms with Crippen LogP contribution in [0, 0.1) is 6.92 Å². The molecule has 0 aliphatic heterocycles. The lowest BCUT2D eigenvalue weighted by molar-refractivity contribution is -0.122. The Morgan fingerprint density at radius 2 is 1.96 bits per heavy atom. The van der Waals surface area contributed by atoms with E-state index in [9.17, 15) is 4.79 Å². The molecule has 0 bridgehead atoms. The van der Waals surface area contributed by atoms with Crippen molar-refractivity contribution in [3.05, 3.63) is 52.9 Å². The average Bonchev–Trinajstić information content (AvgIpc) is 2.62. The molecule has 1 amide bonds. The third-order valence-electron chi connectivity index (χ3n) is 4.72. The third-order valence-corrected chi connectivity index (χ3v) is 4.72. The van der Waals surface area contributed by atoms with Gasteiger partial charge in [0.2, 0.25) is 5.91 Å². The molecule has 0 atom stereocenters. The first-order chi connectivity index (χ1) is 12.6. The average molecular weight is 353 g/mol. The van der Waals surface area contributed by atoms with Crippen LogP contribution in [0.25, 0.3) is 0 Å². The number of nitrogens with one attached hydrogen (secondary N) is 1. The highest BCUT2D eigenvalue weighted by atomic mass is 16.2.